The van der Waals surface area contributed by atoms with E-state index in [1.807, 2.05) is 45.0 Å². The zero-order valence-corrected chi connectivity index (χ0v) is 11.5. The zero-order valence-electron chi connectivity index (χ0n) is 11.5. The van der Waals surface area contributed by atoms with Gasteiger partial charge < -0.3 is 9.84 Å². The summed E-state index contributed by atoms with van der Waals surface area (Å²) >= 11 is 0. The van der Waals surface area contributed by atoms with Crippen molar-refractivity contribution in [1.29, 1.82) is 0 Å². The number of fused-ring (bicyclic) bond motifs is 5. The molecule has 1 saturated heterocycles. The van der Waals surface area contributed by atoms with Crippen molar-refractivity contribution in [1.82, 2.24) is 4.90 Å². The highest BCUT2D eigenvalue weighted by Gasteiger charge is 2.52. The smallest absolute Gasteiger partial charge is 0.411 e. The number of carbonyl (C=O) groups is 1. The van der Waals surface area contributed by atoms with Crippen molar-refractivity contribution >= 4 is 6.09 Å². The van der Waals surface area contributed by atoms with Gasteiger partial charge in [-0.15, -0.1) is 0 Å². The van der Waals surface area contributed by atoms with Gasteiger partial charge in [0.1, 0.15) is 5.60 Å². The zero-order chi connectivity index (χ0) is 13.8. The first-order chi connectivity index (χ1) is 8.88. The highest BCUT2D eigenvalue weighted by Crippen LogP contribution is 2.53. The molecule has 1 amide bonds. The Morgan fingerprint density at radius 1 is 1.32 bits per heavy atom. The van der Waals surface area contributed by atoms with Gasteiger partial charge >= 0.3 is 6.09 Å². The summed E-state index contributed by atoms with van der Waals surface area (Å²) in [4.78, 5) is 14.0. The predicted molar refractivity (Wildman–Crippen MR) is 70.6 cm³/mol. The van der Waals surface area contributed by atoms with E-state index in [0.29, 0.717) is 6.42 Å². The van der Waals surface area contributed by atoms with Gasteiger partial charge in [0.15, 0.2) is 0 Å². The summed E-state index contributed by atoms with van der Waals surface area (Å²) in [6.07, 6.45) is -0.233. The molecule has 102 valence electrons. The van der Waals surface area contributed by atoms with E-state index in [9.17, 15) is 9.90 Å². The second-order valence-electron chi connectivity index (χ2n) is 6.28. The molecule has 4 heteroatoms. The van der Waals surface area contributed by atoms with Crippen LogP contribution in [0.5, 0.6) is 0 Å². The second-order valence-corrected chi connectivity index (χ2v) is 6.28. The molecule has 0 aliphatic carbocycles. The normalized spacial score (nSPS) is 28.4. The van der Waals surface area contributed by atoms with Gasteiger partial charge in [-0.3, -0.25) is 4.90 Å². The Bertz CT molecular complexity index is 520. The van der Waals surface area contributed by atoms with E-state index in [1.54, 1.807) is 4.90 Å². The van der Waals surface area contributed by atoms with Crippen molar-refractivity contribution in [2.45, 2.75) is 51.0 Å². The number of benzene rings is 1. The molecule has 3 rings (SSSR count). The fourth-order valence-electron chi connectivity index (χ4n) is 3.12. The molecule has 1 aromatic rings. The largest absolute Gasteiger partial charge is 0.444 e. The number of carbonyl (C=O) groups excluding carboxylic acids is 1. The first-order valence-corrected chi connectivity index (χ1v) is 6.67. The summed E-state index contributed by atoms with van der Waals surface area (Å²) in [6.45, 7) is 5.56. The molecule has 2 aliphatic heterocycles. The fourth-order valence-corrected chi connectivity index (χ4v) is 3.12. The van der Waals surface area contributed by atoms with Crippen LogP contribution in [-0.4, -0.2) is 27.8 Å². The van der Waals surface area contributed by atoms with Crippen molar-refractivity contribution in [3.8, 4) is 0 Å². The van der Waals surface area contributed by atoms with Crippen molar-refractivity contribution < 1.29 is 14.6 Å². The molecule has 19 heavy (non-hydrogen) atoms. The number of hydrogen-bond donors (Lipinski definition) is 1. The molecule has 0 saturated carbocycles. The average Bonchev–Trinajstić information content (AvgIpc) is 2.79. The van der Waals surface area contributed by atoms with E-state index in [2.05, 4.69) is 0 Å². The third-order valence-electron chi connectivity index (χ3n) is 3.74. The summed E-state index contributed by atoms with van der Waals surface area (Å²) in [5, 5.41) is 10.1. The highest BCUT2D eigenvalue weighted by molar-refractivity contribution is 5.72. The molecular formula is C15H19NO3. The van der Waals surface area contributed by atoms with Gasteiger partial charge in [-0.1, -0.05) is 24.3 Å². The third-order valence-corrected chi connectivity index (χ3v) is 3.74. The molecule has 1 N–H and O–H groups in total. The van der Waals surface area contributed by atoms with E-state index in [1.165, 1.54) is 0 Å². The topological polar surface area (TPSA) is 49.8 Å². The maximum atomic E-state index is 12.3. The standard InChI is InChI=1S/C15H19NO3/c1-15(2,3)19-14(18)16-11-8-12(17)13(16)10-7-5-4-6-9(10)11/h4-7,11-13,17H,8H2,1-3H3/t11-,12+,13-/m0/s1. The number of rotatable bonds is 0. The Morgan fingerprint density at radius 3 is 2.58 bits per heavy atom. The van der Waals surface area contributed by atoms with Gasteiger partial charge in [0.05, 0.1) is 18.2 Å². The molecule has 2 aliphatic rings. The Labute approximate surface area is 113 Å². The fraction of sp³-hybridized carbons (Fsp3) is 0.533. The quantitative estimate of drug-likeness (QED) is 0.781. The number of nitrogens with zero attached hydrogens (tertiary/aromatic N) is 1. The van der Waals surface area contributed by atoms with Crippen LogP contribution in [0.2, 0.25) is 0 Å². The van der Waals surface area contributed by atoms with Gasteiger partial charge in [0, 0.05) is 6.42 Å². The summed E-state index contributed by atoms with van der Waals surface area (Å²) in [7, 11) is 0. The first-order valence-electron chi connectivity index (χ1n) is 6.67. The molecule has 0 radical (unpaired) electrons. The number of amides is 1. The second kappa shape index (κ2) is 3.97. The highest BCUT2D eigenvalue weighted by atomic mass is 16.6. The van der Waals surface area contributed by atoms with E-state index >= 15 is 0 Å². The van der Waals surface area contributed by atoms with Crippen molar-refractivity contribution in [2.75, 3.05) is 0 Å². The minimum atomic E-state index is -0.518. The van der Waals surface area contributed by atoms with Crippen LogP contribution in [-0.2, 0) is 4.74 Å². The van der Waals surface area contributed by atoms with Gasteiger partial charge in [-0.25, -0.2) is 4.79 Å². The van der Waals surface area contributed by atoms with E-state index in [-0.39, 0.29) is 18.2 Å². The number of ether oxygens (including phenoxy) is 1. The van der Waals surface area contributed by atoms with Gasteiger partial charge in [0.2, 0.25) is 0 Å². The molecule has 1 aromatic carbocycles. The molecular weight excluding hydrogens is 242 g/mol. The molecule has 3 atom stereocenters. The molecule has 4 nitrogen and oxygen atoms in total. The van der Waals surface area contributed by atoms with E-state index in [0.717, 1.165) is 11.1 Å². The van der Waals surface area contributed by atoms with Crippen LogP contribution in [0.25, 0.3) is 0 Å². The molecule has 0 spiro atoms. The summed E-state index contributed by atoms with van der Waals surface area (Å²) in [6, 6.07) is 7.63. The molecule has 1 fully saturated rings. The minimum absolute atomic E-state index is 0.0500. The Kier molecular flexibility index (Phi) is 2.61. The van der Waals surface area contributed by atoms with Crippen LogP contribution in [0, 0.1) is 0 Å². The van der Waals surface area contributed by atoms with Crippen LogP contribution in [0.4, 0.5) is 4.79 Å². The lowest BCUT2D eigenvalue weighted by atomic mass is 9.90. The molecule has 0 aromatic heterocycles. The van der Waals surface area contributed by atoms with Crippen LogP contribution in [0.15, 0.2) is 24.3 Å². The number of aliphatic hydroxyl groups excluding tert-OH is 1. The lowest BCUT2D eigenvalue weighted by Crippen LogP contribution is -2.36. The van der Waals surface area contributed by atoms with E-state index in [4.69, 9.17) is 4.74 Å². The number of aliphatic hydroxyl groups is 1. The summed E-state index contributed by atoms with van der Waals surface area (Å²) in [5.74, 6) is 0. The third kappa shape index (κ3) is 1.91. The van der Waals surface area contributed by atoms with Crippen molar-refractivity contribution in [2.24, 2.45) is 0 Å². The molecule has 2 heterocycles. The van der Waals surface area contributed by atoms with Crippen LogP contribution in [0.1, 0.15) is 50.4 Å². The van der Waals surface area contributed by atoms with Gasteiger partial charge in [-0.05, 0) is 31.9 Å². The monoisotopic (exact) mass is 261 g/mol. The Hall–Kier alpha value is -1.55. The molecule has 0 unspecified atom stereocenters. The maximum absolute atomic E-state index is 12.3. The first kappa shape index (κ1) is 12.5. The van der Waals surface area contributed by atoms with Crippen LogP contribution in [0.3, 0.4) is 0 Å². The van der Waals surface area contributed by atoms with Crippen LogP contribution < -0.4 is 0 Å². The summed E-state index contributed by atoms with van der Waals surface area (Å²) in [5.41, 5.74) is 1.68. The SMILES string of the molecule is CC(C)(C)OC(=O)N1[C@H]2C[C@@H](O)[C@@H]1c1ccccc12. The van der Waals surface area contributed by atoms with Crippen LogP contribution >= 0.6 is 0 Å². The lowest BCUT2D eigenvalue weighted by molar-refractivity contribution is 0.0124. The van der Waals surface area contributed by atoms with Gasteiger partial charge in [0.25, 0.3) is 0 Å². The molecule has 2 bridgehead atoms. The maximum Gasteiger partial charge on any atom is 0.411 e. The van der Waals surface area contributed by atoms with Gasteiger partial charge in [-0.2, -0.15) is 0 Å². The lowest BCUT2D eigenvalue weighted by Gasteiger charge is -2.27. The predicted octanol–water partition coefficient (Wildman–Crippen LogP) is 2.78. The number of hydrogen-bond acceptors (Lipinski definition) is 3. The van der Waals surface area contributed by atoms with Crippen molar-refractivity contribution in [3.63, 3.8) is 0 Å². The van der Waals surface area contributed by atoms with Crippen molar-refractivity contribution in [3.05, 3.63) is 35.4 Å². The minimum Gasteiger partial charge on any atom is -0.444 e. The van der Waals surface area contributed by atoms with E-state index < -0.39 is 11.7 Å². The summed E-state index contributed by atoms with van der Waals surface area (Å²) < 4.78 is 5.46. The Morgan fingerprint density at radius 2 is 1.95 bits per heavy atom. The average molecular weight is 261 g/mol. The Balaban J connectivity index is 1.93.